The van der Waals surface area contributed by atoms with Crippen molar-refractivity contribution in [2.45, 2.75) is 290 Å². The first kappa shape index (κ1) is 73.5. The van der Waals surface area contributed by atoms with Crippen molar-refractivity contribution in [3.63, 3.8) is 0 Å². The number of carbonyl (C=O) groups excluding carboxylic acids is 3. The predicted octanol–water partition coefficient (Wildman–Crippen LogP) is 22.2. The number of unbranched alkanes of at least 4 members (excludes halogenated alkanes) is 24. The molecule has 6 nitrogen and oxygen atoms in total. The number of rotatable bonds is 57. The van der Waals surface area contributed by atoms with Gasteiger partial charge in [-0.25, -0.2) is 0 Å². The molecule has 0 aromatic heterocycles. The first-order valence-corrected chi connectivity index (χ1v) is 32.2. The van der Waals surface area contributed by atoms with Gasteiger partial charge in [0.2, 0.25) is 0 Å². The minimum Gasteiger partial charge on any atom is -0.462 e. The largest absolute Gasteiger partial charge is 0.462 e. The quantitative estimate of drug-likeness (QED) is 0.0261. The maximum Gasteiger partial charge on any atom is 0.306 e. The van der Waals surface area contributed by atoms with Crippen LogP contribution < -0.4 is 0 Å². The fourth-order valence-electron chi connectivity index (χ4n) is 8.58. The van der Waals surface area contributed by atoms with Crippen LogP contribution in [0.3, 0.4) is 0 Å². The molecule has 442 valence electrons. The Bertz CT molecular complexity index is 1670. The lowest BCUT2D eigenvalue weighted by molar-refractivity contribution is -0.167. The Labute approximate surface area is 481 Å². The van der Waals surface area contributed by atoms with Crippen LogP contribution in [0.2, 0.25) is 0 Å². The summed E-state index contributed by atoms with van der Waals surface area (Å²) in [5, 5.41) is 0. The first-order chi connectivity index (χ1) is 38.5. The summed E-state index contributed by atoms with van der Waals surface area (Å²) in [7, 11) is 0. The van der Waals surface area contributed by atoms with Crippen LogP contribution in [0.1, 0.15) is 284 Å². The number of hydrogen-bond acceptors (Lipinski definition) is 6. The highest BCUT2D eigenvalue weighted by Gasteiger charge is 2.19. The Kier molecular flexibility index (Phi) is 61.4. The Morgan fingerprint density at radius 2 is 0.500 bits per heavy atom. The van der Waals surface area contributed by atoms with Gasteiger partial charge in [-0.05, 0) is 122 Å². The van der Waals surface area contributed by atoms with Gasteiger partial charge in [0, 0.05) is 19.3 Å². The Balaban J connectivity index is 4.36. The smallest absolute Gasteiger partial charge is 0.306 e. The summed E-state index contributed by atoms with van der Waals surface area (Å²) in [5.41, 5.74) is 0. The fourth-order valence-corrected chi connectivity index (χ4v) is 8.58. The molecule has 0 saturated heterocycles. The summed E-state index contributed by atoms with van der Waals surface area (Å²) < 4.78 is 16.8. The lowest BCUT2D eigenvalue weighted by Gasteiger charge is -2.18. The van der Waals surface area contributed by atoms with Crippen LogP contribution in [0.25, 0.3) is 0 Å². The highest BCUT2D eigenvalue weighted by atomic mass is 16.6. The third-order valence-corrected chi connectivity index (χ3v) is 13.4. The van der Waals surface area contributed by atoms with Crippen molar-refractivity contribution in [2.75, 3.05) is 13.2 Å². The van der Waals surface area contributed by atoms with Gasteiger partial charge in [0.1, 0.15) is 13.2 Å². The van der Waals surface area contributed by atoms with E-state index in [9.17, 15) is 14.4 Å². The van der Waals surface area contributed by atoms with E-state index in [0.29, 0.717) is 25.7 Å². The Morgan fingerprint density at radius 1 is 0.269 bits per heavy atom. The minimum atomic E-state index is -0.802. The van der Waals surface area contributed by atoms with Gasteiger partial charge in [0.05, 0.1) is 0 Å². The van der Waals surface area contributed by atoms with E-state index in [0.717, 1.165) is 128 Å². The highest BCUT2D eigenvalue weighted by molar-refractivity contribution is 5.71. The molecule has 6 heteroatoms. The molecule has 0 rings (SSSR count). The zero-order valence-electron chi connectivity index (χ0n) is 50.6. The van der Waals surface area contributed by atoms with E-state index in [1.807, 2.05) is 0 Å². The SMILES string of the molecule is CC/C=C\C/C=C\C/C=C\C/C=C\C/C=C\C/C=C\C/C=C\C/C=C\C/C=C\C/C=C\CCCCC(=O)OCC(COC(=O)CCCCCCCCCCCCCC)OC(=O)CCCCCCC/C=C\CCCCCCCC. The van der Waals surface area contributed by atoms with Crippen molar-refractivity contribution in [3.8, 4) is 0 Å². The second-order valence-electron chi connectivity index (χ2n) is 20.9. The summed E-state index contributed by atoms with van der Waals surface area (Å²) >= 11 is 0. The molecule has 0 aliphatic heterocycles. The average Bonchev–Trinajstić information content (AvgIpc) is 3.44. The second kappa shape index (κ2) is 65.1. The van der Waals surface area contributed by atoms with E-state index in [-0.39, 0.29) is 31.1 Å². The van der Waals surface area contributed by atoms with Gasteiger partial charge < -0.3 is 14.2 Å². The molecule has 0 aliphatic carbocycles. The van der Waals surface area contributed by atoms with Crippen molar-refractivity contribution >= 4 is 17.9 Å². The van der Waals surface area contributed by atoms with Crippen LogP contribution in [0.15, 0.2) is 134 Å². The number of esters is 3. The maximum atomic E-state index is 12.9. The van der Waals surface area contributed by atoms with Crippen LogP contribution in [-0.2, 0) is 28.6 Å². The molecule has 78 heavy (non-hydrogen) atoms. The van der Waals surface area contributed by atoms with Crippen molar-refractivity contribution < 1.29 is 28.6 Å². The molecule has 0 bridgehead atoms. The van der Waals surface area contributed by atoms with Gasteiger partial charge in [0.25, 0.3) is 0 Å². The number of carbonyl (C=O) groups is 3. The van der Waals surface area contributed by atoms with Gasteiger partial charge >= 0.3 is 17.9 Å². The van der Waals surface area contributed by atoms with Gasteiger partial charge in [-0.3, -0.25) is 14.4 Å². The van der Waals surface area contributed by atoms with Crippen LogP contribution >= 0.6 is 0 Å². The molecule has 0 spiro atoms. The minimum absolute atomic E-state index is 0.0956. The summed E-state index contributed by atoms with van der Waals surface area (Å²) in [6.07, 6.45) is 91.8. The molecule has 0 heterocycles. The molecule has 0 saturated carbocycles. The molecule has 0 aromatic rings. The number of ether oxygens (including phenoxy) is 3. The van der Waals surface area contributed by atoms with Crippen LogP contribution in [0.4, 0.5) is 0 Å². The standard InChI is InChI=1S/C72H118O6/c1-4-7-10-13-16-19-22-25-27-28-29-30-31-32-33-34-35-36-37-38-39-40-41-42-43-44-46-47-50-53-56-59-62-65-71(74)77-68-69(67-76-70(73)64-61-58-55-52-49-24-21-18-15-12-9-6-3)78-72(75)66-63-60-57-54-51-48-45-26-23-20-17-14-11-8-5-2/h7,10,16,19,25-27,29-30,32-33,35-36,38-39,41-42,44-46,50,53,69H,4-6,8-9,11-15,17-18,20-24,28,31,34,37,40,43,47-49,51-52,54-68H2,1-3H3/b10-7-,19-16-,27-25-,30-29-,33-32-,36-35-,39-38-,42-41-,45-26-,46-44-,53-50-. The molecular formula is C72H118O6. The molecule has 1 unspecified atom stereocenters. The Hall–Kier alpha value is -4.45. The van der Waals surface area contributed by atoms with E-state index in [1.54, 1.807) is 0 Å². The predicted molar refractivity (Wildman–Crippen MR) is 339 cm³/mol. The highest BCUT2D eigenvalue weighted by Crippen LogP contribution is 2.15. The first-order valence-electron chi connectivity index (χ1n) is 32.2. The second-order valence-corrected chi connectivity index (χ2v) is 20.9. The summed E-state index contributed by atoms with van der Waals surface area (Å²) in [6, 6.07) is 0. The van der Waals surface area contributed by atoms with Crippen LogP contribution in [-0.4, -0.2) is 37.2 Å². The topological polar surface area (TPSA) is 78.9 Å². The van der Waals surface area contributed by atoms with E-state index in [4.69, 9.17) is 14.2 Å². The van der Waals surface area contributed by atoms with Crippen molar-refractivity contribution in [1.29, 1.82) is 0 Å². The maximum absolute atomic E-state index is 12.9. The number of allylic oxidation sites excluding steroid dienone is 22. The van der Waals surface area contributed by atoms with Crippen molar-refractivity contribution in [2.24, 2.45) is 0 Å². The van der Waals surface area contributed by atoms with Crippen LogP contribution in [0, 0.1) is 0 Å². The third kappa shape index (κ3) is 62.4. The summed E-state index contributed by atoms with van der Waals surface area (Å²) in [5.74, 6) is -0.948. The zero-order chi connectivity index (χ0) is 56.4. The van der Waals surface area contributed by atoms with Crippen molar-refractivity contribution in [3.05, 3.63) is 134 Å². The molecule has 0 radical (unpaired) electrons. The summed E-state index contributed by atoms with van der Waals surface area (Å²) in [6.45, 7) is 6.48. The summed E-state index contributed by atoms with van der Waals surface area (Å²) in [4.78, 5) is 38.2. The van der Waals surface area contributed by atoms with E-state index in [2.05, 4.69) is 154 Å². The lowest BCUT2D eigenvalue weighted by atomic mass is 10.0. The van der Waals surface area contributed by atoms with E-state index in [1.165, 1.54) is 109 Å². The van der Waals surface area contributed by atoms with Gasteiger partial charge in [-0.15, -0.1) is 0 Å². The van der Waals surface area contributed by atoms with Crippen molar-refractivity contribution in [1.82, 2.24) is 0 Å². The molecule has 0 amide bonds. The average molecular weight is 1080 g/mol. The van der Waals surface area contributed by atoms with Crippen LogP contribution in [0.5, 0.6) is 0 Å². The van der Waals surface area contributed by atoms with E-state index < -0.39 is 6.10 Å². The molecular weight excluding hydrogens is 961 g/mol. The van der Waals surface area contributed by atoms with Gasteiger partial charge in [0.15, 0.2) is 6.10 Å². The fraction of sp³-hybridized carbons (Fsp3) is 0.653. The lowest BCUT2D eigenvalue weighted by Crippen LogP contribution is -2.30. The van der Waals surface area contributed by atoms with Gasteiger partial charge in [-0.1, -0.05) is 276 Å². The van der Waals surface area contributed by atoms with E-state index >= 15 is 0 Å². The normalized spacial score (nSPS) is 13.0. The molecule has 0 aromatic carbocycles. The monoisotopic (exact) mass is 1080 g/mol. The Morgan fingerprint density at radius 3 is 0.821 bits per heavy atom. The van der Waals surface area contributed by atoms with Gasteiger partial charge in [-0.2, -0.15) is 0 Å². The molecule has 0 aliphatic rings. The third-order valence-electron chi connectivity index (χ3n) is 13.4. The number of hydrogen-bond donors (Lipinski definition) is 0. The molecule has 1 atom stereocenters. The molecule has 0 N–H and O–H groups in total. The molecule has 0 fully saturated rings. The zero-order valence-corrected chi connectivity index (χ0v) is 50.6.